The van der Waals surface area contributed by atoms with Crippen molar-refractivity contribution in [3.63, 3.8) is 0 Å². The average Bonchev–Trinajstić information content (AvgIpc) is 2.71. The van der Waals surface area contributed by atoms with E-state index >= 15 is 0 Å². The molecule has 0 spiro atoms. The summed E-state index contributed by atoms with van der Waals surface area (Å²) in [7, 11) is 2.39. The molecule has 0 bridgehead atoms. The van der Waals surface area contributed by atoms with Gasteiger partial charge in [0.2, 0.25) is 0 Å². The topological polar surface area (TPSA) is 50.1 Å². The van der Waals surface area contributed by atoms with Crippen LogP contribution in [-0.2, 0) is 4.74 Å². The number of ether oxygens (including phenoxy) is 1. The van der Waals surface area contributed by atoms with Gasteiger partial charge in [-0.2, -0.15) is 0 Å². The van der Waals surface area contributed by atoms with Crippen LogP contribution in [0.5, 0.6) is 0 Å². The fourth-order valence-corrected chi connectivity index (χ4v) is 9.82. The summed E-state index contributed by atoms with van der Waals surface area (Å²) >= 11 is 0. The highest BCUT2D eigenvalue weighted by atomic mass is 31.1. The lowest BCUT2D eigenvalue weighted by atomic mass is 9.82. The van der Waals surface area contributed by atoms with E-state index in [-0.39, 0.29) is 0 Å². The molecule has 0 aliphatic heterocycles. The molecule has 0 unspecified atom stereocenters. The van der Waals surface area contributed by atoms with Crippen molar-refractivity contribution >= 4 is 21.1 Å². The minimum atomic E-state index is -0.609. The zero-order chi connectivity index (χ0) is 18.6. The molecule has 3 aliphatic rings. The first-order valence-corrected chi connectivity index (χ1v) is 12.4. The predicted molar refractivity (Wildman–Crippen MR) is 111 cm³/mol. The van der Waals surface area contributed by atoms with Gasteiger partial charge >= 0.3 is 7.28 Å². The van der Waals surface area contributed by atoms with Crippen LogP contribution in [0.25, 0.3) is 0 Å². The van der Waals surface area contributed by atoms with Gasteiger partial charge in [-0.05, 0) is 55.5 Å². The maximum atomic E-state index is 9.91. The van der Waals surface area contributed by atoms with E-state index < -0.39 is 5.87 Å². The summed E-state index contributed by atoms with van der Waals surface area (Å²) in [6.45, 7) is 0. The van der Waals surface area contributed by atoms with Gasteiger partial charge in [0.1, 0.15) is 0 Å². The van der Waals surface area contributed by atoms with Crippen LogP contribution in [0.3, 0.4) is 0 Å². The number of methoxy groups -OCH3 is 1. The Kier molecular flexibility index (Phi) is 10.7. The summed E-state index contributed by atoms with van der Waals surface area (Å²) in [5, 5.41) is 7.76. The third kappa shape index (κ3) is 7.23. The smallest absolute Gasteiger partial charge is 0.397 e. The summed E-state index contributed by atoms with van der Waals surface area (Å²) in [4.78, 5) is 9.91. The molecule has 3 rings (SSSR count). The first-order chi connectivity index (χ1) is 12.8. The number of hydrogen-bond donors (Lipinski definition) is 0. The second-order valence-corrected chi connectivity index (χ2v) is 11.2. The van der Waals surface area contributed by atoms with Gasteiger partial charge in [0.15, 0.2) is 0 Å². The number of rotatable bonds is 4. The van der Waals surface area contributed by atoms with Gasteiger partial charge in [0.25, 0.3) is 5.87 Å². The molecule has 0 aromatic carbocycles. The minimum absolute atomic E-state index is 0.385. The van der Waals surface area contributed by atoms with E-state index in [0.717, 1.165) is 7.28 Å². The highest BCUT2D eigenvalue weighted by molar-refractivity contribution is 7.60. The van der Waals surface area contributed by atoms with Gasteiger partial charge in [-0.25, -0.2) is 5.26 Å². The quantitative estimate of drug-likeness (QED) is 0.421. The van der Waals surface area contributed by atoms with Crippen molar-refractivity contribution in [2.45, 2.75) is 113 Å². The van der Waals surface area contributed by atoms with Gasteiger partial charge in [0.05, 0.1) is 7.11 Å². The molecule has 145 valence electrons. The van der Waals surface area contributed by atoms with E-state index in [2.05, 4.69) is 4.74 Å². The second-order valence-electron chi connectivity index (χ2n) is 8.12. The van der Waals surface area contributed by atoms with Crippen LogP contribution in [0, 0.1) is 11.2 Å². The first-order valence-electron chi connectivity index (χ1n) is 10.8. The van der Waals surface area contributed by atoms with Crippen LogP contribution in [0.15, 0.2) is 0 Å². The van der Waals surface area contributed by atoms with E-state index in [9.17, 15) is 4.79 Å². The fourth-order valence-electron chi connectivity index (χ4n) is 5.14. The lowest BCUT2D eigenvalue weighted by Gasteiger charge is -2.44. The monoisotopic (exact) mass is 376 g/mol. The van der Waals surface area contributed by atoms with Crippen LogP contribution < -0.4 is 0 Å². The summed E-state index contributed by atoms with van der Waals surface area (Å²) in [6.07, 6.45) is 23.6. The number of nitriles is 1. The fraction of sp³-hybridized carbons (Fsp3) is 0.905. The highest BCUT2D eigenvalue weighted by Gasteiger charge is 2.36. The number of carbonyl (C=O) groups excluding carboxylic acids is 1. The van der Waals surface area contributed by atoms with Crippen molar-refractivity contribution in [1.29, 1.82) is 5.26 Å². The summed E-state index contributed by atoms with van der Waals surface area (Å²) < 4.78 is 4.07. The molecule has 0 atom stereocenters. The van der Waals surface area contributed by atoms with Crippen LogP contribution in [0.4, 0.5) is 4.79 Å². The molecule has 3 saturated carbocycles. The Morgan fingerprint density at radius 2 is 1.15 bits per heavy atom. The largest absolute Gasteiger partial charge is 0.476 e. The maximum absolute atomic E-state index is 9.91. The Labute approximate surface area is 162 Å². The first kappa shape index (κ1) is 21.8. The lowest BCUT2D eigenvalue weighted by molar-refractivity contribution is 0.198. The molecule has 0 saturated heterocycles. The van der Waals surface area contributed by atoms with E-state index in [1.54, 1.807) is 77.0 Å². The Hall–Kier alpha value is -0.545. The Morgan fingerprint density at radius 1 is 0.808 bits per heavy atom. The maximum Gasteiger partial charge on any atom is 0.397 e. The Morgan fingerprint density at radius 3 is 1.38 bits per heavy atom. The van der Waals surface area contributed by atoms with Gasteiger partial charge in [-0.15, -0.1) is 0 Å². The van der Waals surface area contributed by atoms with Crippen molar-refractivity contribution in [1.82, 2.24) is 0 Å². The summed E-state index contributed by atoms with van der Waals surface area (Å²) in [5.41, 5.74) is 3.57. The molecular formula is C21H36BNO2P. The molecule has 0 N–H and O–H groups in total. The summed E-state index contributed by atoms with van der Waals surface area (Å²) in [6, 6.07) is 0. The van der Waals surface area contributed by atoms with Crippen LogP contribution in [0.2, 0.25) is 0 Å². The molecule has 3 nitrogen and oxygen atoms in total. The predicted octanol–water partition coefficient (Wildman–Crippen LogP) is 6.40. The molecule has 0 aromatic heterocycles. The number of hydrogen-bond acceptors (Lipinski definition) is 3. The van der Waals surface area contributed by atoms with Gasteiger partial charge in [-0.3, -0.25) is 4.79 Å². The standard InChI is InChI=1S/C18H33P.C3H3BNO2/c1-4-10-16(11-5-1)19(17-12-6-2-7-13-17)18-14-8-3-9-15-18;1-7-3(6)4-2-5/h16-18H,1-15H2;1H3. The Bertz CT molecular complexity index is 393. The van der Waals surface area contributed by atoms with Crippen molar-refractivity contribution in [3.05, 3.63) is 0 Å². The lowest BCUT2D eigenvalue weighted by Crippen LogP contribution is -2.28. The van der Waals surface area contributed by atoms with E-state index in [1.165, 1.54) is 49.3 Å². The van der Waals surface area contributed by atoms with Crippen LogP contribution in [-0.4, -0.2) is 37.2 Å². The van der Waals surface area contributed by atoms with Gasteiger partial charge in [0, 0.05) is 5.97 Å². The highest BCUT2D eigenvalue weighted by Crippen LogP contribution is 2.61. The third-order valence-electron chi connectivity index (χ3n) is 6.37. The van der Waals surface area contributed by atoms with Crippen molar-refractivity contribution < 1.29 is 9.53 Å². The van der Waals surface area contributed by atoms with Crippen molar-refractivity contribution in [2.24, 2.45) is 0 Å². The van der Waals surface area contributed by atoms with Crippen LogP contribution >= 0.6 is 7.92 Å². The van der Waals surface area contributed by atoms with E-state index in [1.807, 2.05) is 0 Å². The third-order valence-corrected chi connectivity index (χ3v) is 10.5. The number of nitrogens with zero attached hydrogens (tertiary/aromatic N) is 1. The zero-order valence-corrected chi connectivity index (χ0v) is 17.5. The van der Waals surface area contributed by atoms with Crippen molar-refractivity contribution in [2.75, 3.05) is 7.11 Å². The van der Waals surface area contributed by atoms with Gasteiger partial charge in [-0.1, -0.05) is 65.7 Å². The zero-order valence-electron chi connectivity index (χ0n) is 16.6. The average molecular weight is 376 g/mol. The SMILES string of the molecule is C1CCC(P(C2CCCCC2)C2CCCCC2)CC1.COC(=O)[B]C#N. The normalized spacial score (nSPS) is 22.8. The molecule has 3 aliphatic carbocycles. The molecule has 0 amide bonds. The van der Waals surface area contributed by atoms with E-state index in [0.29, 0.717) is 7.92 Å². The summed E-state index contributed by atoms with van der Waals surface area (Å²) in [5.74, 6) is 0.910. The molecule has 26 heavy (non-hydrogen) atoms. The van der Waals surface area contributed by atoms with Gasteiger partial charge < -0.3 is 4.74 Å². The molecule has 3 fully saturated rings. The minimum Gasteiger partial charge on any atom is -0.476 e. The molecular weight excluding hydrogens is 340 g/mol. The second kappa shape index (κ2) is 12.8. The molecule has 5 heteroatoms. The molecule has 0 heterocycles. The molecule has 1 radical (unpaired) electrons. The van der Waals surface area contributed by atoms with Crippen molar-refractivity contribution in [3.8, 4) is 5.97 Å². The molecule has 0 aromatic rings. The van der Waals surface area contributed by atoms with E-state index in [4.69, 9.17) is 5.26 Å². The Balaban J connectivity index is 0.000000298. The van der Waals surface area contributed by atoms with Crippen LogP contribution in [0.1, 0.15) is 96.3 Å². The number of carbonyl (C=O) groups is 1.